The van der Waals surface area contributed by atoms with Gasteiger partial charge in [-0.25, -0.2) is 0 Å². The van der Waals surface area contributed by atoms with Crippen LogP contribution in [-0.4, -0.2) is 4.98 Å². The van der Waals surface area contributed by atoms with E-state index in [-0.39, 0.29) is 17.2 Å². The molecule has 1 heterocycles. The van der Waals surface area contributed by atoms with E-state index in [1.165, 1.54) is 18.5 Å². The van der Waals surface area contributed by atoms with Crippen LogP contribution < -0.4 is 0 Å². The summed E-state index contributed by atoms with van der Waals surface area (Å²) < 4.78 is 76.5. The zero-order chi connectivity index (χ0) is 15.8. The Morgan fingerprint density at radius 1 is 0.714 bits per heavy atom. The van der Waals surface area contributed by atoms with E-state index in [2.05, 4.69) is 4.98 Å². The summed E-state index contributed by atoms with van der Waals surface area (Å²) in [4.78, 5) is 3.78. The molecule has 1 aromatic carbocycles. The maximum atomic E-state index is 12.7. The van der Waals surface area contributed by atoms with Crippen molar-refractivity contribution in [3.8, 4) is 11.1 Å². The van der Waals surface area contributed by atoms with Crippen molar-refractivity contribution in [1.29, 1.82) is 0 Å². The molecule has 1 aromatic heterocycles. The molecule has 2 rings (SSSR count). The predicted octanol–water partition coefficient (Wildman–Crippen LogP) is 5.09. The third kappa shape index (κ3) is 3.53. The maximum Gasteiger partial charge on any atom is 0.416 e. The predicted molar refractivity (Wildman–Crippen MR) is 64.4 cm³/mol. The summed E-state index contributed by atoms with van der Waals surface area (Å²) in [5, 5.41) is 0. The van der Waals surface area contributed by atoms with Gasteiger partial charge in [-0.3, -0.25) is 4.98 Å². The van der Waals surface area contributed by atoms with Gasteiger partial charge >= 0.3 is 12.4 Å². The Morgan fingerprint density at radius 2 is 1.24 bits per heavy atom. The number of alkyl halides is 6. The molecule has 21 heavy (non-hydrogen) atoms. The van der Waals surface area contributed by atoms with Gasteiger partial charge in [0.1, 0.15) is 0 Å². The molecule has 1 nitrogen and oxygen atoms in total. The number of hydrogen-bond donors (Lipinski definition) is 0. The Hall–Kier alpha value is -2.05. The van der Waals surface area contributed by atoms with Gasteiger partial charge in [-0.15, -0.1) is 0 Å². The fraction of sp³-hybridized carbons (Fsp3) is 0.214. The van der Waals surface area contributed by atoms with E-state index < -0.39 is 23.5 Å². The van der Waals surface area contributed by atoms with Gasteiger partial charge in [0.05, 0.1) is 11.1 Å². The van der Waals surface area contributed by atoms with E-state index >= 15 is 0 Å². The average molecular weight is 305 g/mol. The fourth-order valence-corrected chi connectivity index (χ4v) is 1.83. The van der Waals surface area contributed by atoms with E-state index in [9.17, 15) is 26.3 Å². The van der Waals surface area contributed by atoms with Gasteiger partial charge in [0.2, 0.25) is 0 Å². The van der Waals surface area contributed by atoms with Crippen LogP contribution in [0.4, 0.5) is 26.3 Å². The molecule has 0 aliphatic carbocycles. The number of pyridine rings is 1. The van der Waals surface area contributed by atoms with Crippen LogP contribution in [0.5, 0.6) is 0 Å². The second-order valence-corrected chi connectivity index (χ2v) is 4.55. The third-order valence-electron chi connectivity index (χ3n) is 2.80. The van der Waals surface area contributed by atoms with Crippen molar-refractivity contribution in [2.75, 3.05) is 0 Å². The van der Waals surface area contributed by atoms with Crippen molar-refractivity contribution >= 4 is 0 Å². The first-order valence-corrected chi connectivity index (χ1v) is 5.79. The minimum atomic E-state index is -4.85. The summed E-state index contributed by atoms with van der Waals surface area (Å²) in [7, 11) is 0. The normalized spacial score (nSPS) is 12.5. The highest BCUT2D eigenvalue weighted by molar-refractivity contribution is 5.65. The maximum absolute atomic E-state index is 12.7. The van der Waals surface area contributed by atoms with E-state index in [0.717, 1.165) is 0 Å². The smallest absolute Gasteiger partial charge is 0.264 e. The van der Waals surface area contributed by atoms with Crippen molar-refractivity contribution in [1.82, 2.24) is 4.98 Å². The molecule has 2 aromatic rings. The molecule has 0 fully saturated rings. The minimum absolute atomic E-state index is 0.104. The Morgan fingerprint density at radius 3 is 1.67 bits per heavy atom. The van der Waals surface area contributed by atoms with Crippen molar-refractivity contribution in [3.63, 3.8) is 0 Å². The van der Waals surface area contributed by atoms with Crippen LogP contribution in [0.15, 0.2) is 36.7 Å². The molecule has 0 radical (unpaired) electrons. The number of rotatable bonds is 1. The monoisotopic (exact) mass is 305 g/mol. The Kier molecular flexibility index (Phi) is 3.69. The number of aryl methyl sites for hydroxylation is 1. The van der Waals surface area contributed by atoms with Crippen LogP contribution in [0.2, 0.25) is 0 Å². The van der Waals surface area contributed by atoms with E-state index in [0.29, 0.717) is 17.7 Å². The van der Waals surface area contributed by atoms with Gasteiger partial charge in [0.25, 0.3) is 0 Å². The molecule has 112 valence electrons. The number of halogens is 6. The van der Waals surface area contributed by atoms with Crippen molar-refractivity contribution in [3.05, 3.63) is 53.3 Å². The lowest BCUT2D eigenvalue weighted by atomic mass is 9.99. The molecule has 0 spiro atoms. The highest BCUT2D eigenvalue weighted by Crippen LogP contribution is 2.38. The largest absolute Gasteiger partial charge is 0.416 e. The molecular formula is C14H9F6N. The SMILES string of the molecule is Cc1cncc(-c2cc(C(F)(F)F)cc(C(F)(F)F)c2)c1. The molecular weight excluding hydrogens is 296 g/mol. The lowest BCUT2D eigenvalue weighted by Crippen LogP contribution is -2.11. The first-order valence-electron chi connectivity index (χ1n) is 5.79. The molecule has 0 aliphatic rings. The number of nitrogens with zero attached hydrogens (tertiary/aromatic N) is 1. The van der Waals surface area contributed by atoms with Crippen LogP contribution in [0.25, 0.3) is 11.1 Å². The van der Waals surface area contributed by atoms with Gasteiger partial charge in [0, 0.05) is 18.0 Å². The lowest BCUT2D eigenvalue weighted by Gasteiger charge is -2.14. The molecule has 0 aliphatic heterocycles. The lowest BCUT2D eigenvalue weighted by molar-refractivity contribution is -0.143. The van der Waals surface area contributed by atoms with Gasteiger partial charge in [-0.05, 0) is 42.3 Å². The molecule has 0 N–H and O–H groups in total. The van der Waals surface area contributed by atoms with Gasteiger partial charge in [0.15, 0.2) is 0 Å². The Labute approximate surface area is 116 Å². The summed E-state index contributed by atoms with van der Waals surface area (Å²) in [5.41, 5.74) is -2.01. The van der Waals surface area contributed by atoms with Crippen LogP contribution in [0.1, 0.15) is 16.7 Å². The van der Waals surface area contributed by atoms with Crippen LogP contribution in [-0.2, 0) is 12.4 Å². The number of benzene rings is 1. The Bertz CT molecular complexity index is 625. The van der Waals surface area contributed by atoms with Crippen molar-refractivity contribution < 1.29 is 26.3 Å². The molecule has 0 saturated heterocycles. The standard InChI is InChI=1S/C14H9F6N/c1-8-2-10(7-21-6-8)9-3-11(13(15,16)17)5-12(4-9)14(18,19)20/h2-7H,1H3. The quantitative estimate of drug-likeness (QED) is 0.668. The van der Waals surface area contributed by atoms with E-state index in [1.807, 2.05) is 0 Å². The number of aromatic nitrogens is 1. The van der Waals surface area contributed by atoms with Gasteiger partial charge in [-0.1, -0.05) is 0 Å². The summed E-state index contributed by atoms with van der Waals surface area (Å²) in [6.45, 7) is 1.65. The molecule has 0 atom stereocenters. The van der Waals surface area contributed by atoms with Crippen LogP contribution >= 0.6 is 0 Å². The zero-order valence-electron chi connectivity index (χ0n) is 10.7. The third-order valence-corrected chi connectivity index (χ3v) is 2.80. The van der Waals surface area contributed by atoms with Gasteiger partial charge in [-0.2, -0.15) is 26.3 Å². The Balaban J connectivity index is 2.66. The van der Waals surface area contributed by atoms with Crippen LogP contribution in [0.3, 0.4) is 0 Å². The second-order valence-electron chi connectivity index (χ2n) is 4.55. The summed E-state index contributed by atoms with van der Waals surface area (Å²) >= 11 is 0. The summed E-state index contributed by atoms with van der Waals surface area (Å²) in [5.74, 6) is 0. The summed E-state index contributed by atoms with van der Waals surface area (Å²) in [6.07, 6.45) is -7.02. The first-order chi connectivity index (χ1) is 9.57. The summed E-state index contributed by atoms with van der Waals surface area (Å²) in [6, 6.07) is 2.95. The fourth-order valence-electron chi connectivity index (χ4n) is 1.83. The van der Waals surface area contributed by atoms with Crippen molar-refractivity contribution in [2.45, 2.75) is 19.3 Å². The number of hydrogen-bond acceptors (Lipinski definition) is 1. The molecule has 7 heteroatoms. The average Bonchev–Trinajstić information content (AvgIpc) is 2.36. The molecule has 0 saturated carbocycles. The van der Waals surface area contributed by atoms with Gasteiger partial charge < -0.3 is 0 Å². The van der Waals surface area contributed by atoms with Crippen LogP contribution in [0, 0.1) is 6.92 Å². The second kappa shape index (κ2) is 5.05. The molecule has 0 bridgehead atoms. The molecule has 0 unspecified atom stereocenters. The zero-order valence-corrected chi connectivity index (χ0v) is 10.7. The van der Waals surface area contributed by atoms with Crippen molar-refractivity contribution in [2.24, 2.45) is 0 Å². The van der Waals surface area contributed by atoms with E-state index in [1.54, 1.807) is 6.92 Å². The minimum Gasteiger partial charge on any atom is -0.264 e. The first kappa shape index (κ1) is 15.3. The highest BCUT2D eigenvalue weighted by Gasteiger charge is 2.36. The van der Waals surface area contributed by atoms with E-state index in [4.69, 9.17) is 0 Å². The highest BCUT2D eigenvalue weighted by atomic mass is 19.4. The molecule has 0 amide bonds. The topological polar surface area (TPSA) is 12.9 Å².